The molecule has 0 bridgehead atoms. The lowest BCUT2D eigenvalue weighted by Crippen LogP contribution is -2.03. The van der Waals surface area contributed by atoms with Gasteiger partial charge in [-0.2, -0.15) is 0 Å². The fourth-order valence-electron chi connectivity index (χ4n) is 2.88. The maximum absolute atomic E-state index is 4.36. The topological polar surface area (TPSA) is 24.9 Å². The molecule has 0 saturated heterocycles. The molecule has 3 rings (SSSR count). The number of pyridine rings is 1. The first-order chi connectivity index (χ1) is 10.1. The number of aromatic nitrogens is 1. The van der Waals surface area contributed by atoms with Crippen molar-refractivity contribution in [3.8, 4) is 0 Å². The van der Waals surface area contributed by atoms with Crippen molar-refractivity contribution in [2.24, 2.45) is 0 Å². The van der Waals surface area contributed by atoms with Crippen LogP contribution in [0.3, 0.4) is 0 Å². The van der Waals surface area contributed by atoms with Gasteiger partial charge in [-0.25, -0.2) is 0 Å². The Hall–Kier alpha value is -2.35. The van der Waals surface area contributed by atoms with Crippen LogP contribution in [-0.2, 0) is 6.54 Å². The molecule has 1 aromatic heterocycles. The molecule has 21 heavy (non-hydrogen) atoms. The Bertz CT molecular complexity index is 767. The highest BCUT2D eigenvalue weighted by molar-refractivity contribution is 5.79. The maximum Gasteiger partial charge on any atom is 0.0702 e. The van der Waals surface area contributed by atoms with Crippen molar-refractivity contribution in [1.82, 2.24) is 4.98 Å². The van der Waals surface area contributed by atoms with Gasteiger partial charge in [0.05, 0.1) is 5.52 Å². The minimum atomic E-state index is 0.829. The van der Waals surface area contributed by atoms with Crippen molar-refractivity contribution >= 4 is 16.6 Å². The van der Waals surface area contributed by atoms with Crippen molar-refractivity contribution in [2.45, 2.75) is 27.3 Å². The average Bonchev–Trinajstić information content (AvgIpc) is 2.46. The molecule has 0 fully saturated rings. The minimum Gasteiger partial charge on any atom is -0.381 e. The predicted molar refractivity (Wildman–Crippen MR) is 89.7 cm³/mol. The third-order valence-corrected chi connectivity index (χ3v) is 3.81. The van der Waals surface area contributed by atoms with E-state index in [9.17, 15) is 0 Å². The summed E-state index contributed by atoms with van der Waals surface area (Å²) in [5.74, 6) is 0. The number of aryl methyl sites for hydroxylation is 3. The van der Waals surface area contributed by atoms with Crippen LogP contribution in [0.15, 0.2) is 48.7 Å². The van der Waals surface area contributed by atoms with Gasteiger partial charge >= 0.3 is 0 Å². The molecular weight excluding hydrogens is 256 g/mol. The van der Waals surface area contributed by atoms with Crippen molar-refractivity contribution in [3.63, 3.8) is 0 Å². The second-order valence-corrected chi connectivity index (χ2v) is 5.66. The molecule has 2 aromatic carbocycles. The van der Waals surface area contributed by atoms with Crippen LogP contribution in [0.1, 0.15) is 22.3 Å². The number of fused-ring (bicyclic) bond motifs is 1. The van der Waals surface area contributed by atoms with Crippen LogP contribution in [0.4, 0.5) is 5.69 Å². The fraction of sp³-hybridized carbons (Fsp3) is 0.211. The number of nitrogens with zero attached hydrogens (tertiary/aromatic N) is 1. The molecule has 0 amide bonds. The highest BCUT2D eigenvalue weighted by Gasteiger charge is 2.04. The van der Waals surface area contributed by atoms with Gasteiger partial charge in [-0.3, -0.25) is 4.98 Å². The first-order valence-electron chi connectivity index (χ1n) is 7.29. The third kappa shape index (κ3) is 2.89. The van der Waals surface area contributed by atoms with Gasteiger partial charge in [0.15, 0.2) is 0 Å². The van der Waals surface area contributed by atoms with Gasteiger partial charge in [-0.15, -0.1) is 0 Å². The maximum atomic E-state index is 4.36. The molecule has 0 saturated carbocycles. The monoisotopic (exact) mass is 276 g/mol. The Morgan fingerprint density at radius 3 is 2.48 bits per heavy atom. The summed E-state index contributed by atoms with van der Waals surface area (Å²) in [6.45, 7) is 7.29. The normalized spacial score (nSPS) is 10.8. The Kier molecular flexibility index (Phi) is 3.61. The molecule has 0 aliphatic heterocycles. The number of hydrogen-bond donors (Lipinski definition) is 1. The van der Waals surface area contributed by atoms with Crippen LogP contribution >= 0.6 is 0 Å². The van der Waals surface area contributed by atoms with Crippen LogP contribution in [0, 0.1) is 20.8 Å². The van der Waals surface area contributed by atoms with E-state index in [0.717, 1.165) is 12.1 Å². The Morgan fingerprint density at radius 2 is 1.71 bits per heavy atom. The summed E-state index contributed by atoms with van der Waals surface area (Å²) < 4.78 is 0. The minimum absolute atomic E-state index is 0.829. The molecule has 1 heterocycles. The Balaban J connectivity index is 1.83. The molecule has 0 aliphatic carbocycles. The smallest absolute Gasteiger partial charge is 0.0702 e. The van der Waals surface area contributed by atoms with Gasteiger partial charge < -0.3 is 5.32 Å². The van der Waals surface area contributed by atoms with Crippen molar-refractivity contribution in [2.75, 3.05) is 5.32 Å². The van der Waals surface area contributed by atoms with E-state index < -0.39 is 0 Å². The number of rotatable bonds is 3. The van der Waals surface area contributed by atoms with E-state index in [0.29, 0.717) is 0 Å². The second kappa shape index (κ2) is 5.57. The van der Waals surface area contributed by atoms with Crippen molar-refractivity contribution < 1.29 is 0 Å². The zero-order valence-corrected chi connectivity index (χ0v) is 12.8. The van der Waals surface area contributed by atoms with E-state index in [-0.39, 0.29) is 0 Å². The largest absolute Gasteiger partial charge is 0.381 e. The van der Waals surface area contributed by atoms with Gasteiger partial charge in [0.25, 0.3) is 0 Å². The number of anilines is 1. The van der Waals surface area contributed by atoms with E-state index in [1.165, 1.54) is 33.3 Å². The first-order valence-corrected chi connectivity index (χ1v) is 7.29. The quantitative estimate of drug-likeness (QED) is 0.745. The highest BCUT2D eigenvalue weighted by atomic mass is 14.9. The van der Waals surface area contributed by atoms with Crippen molar-refractivity contribution in [1.29, 1.82) is 0 Å². The molecule has 0 atom stereocenters. The van der Waals surface area contributed by atoms with Crippen LogP contribution in [0.5, 0.6) is 0 Å². The summed E-state index contributed by atoms with van der Waals surface area (Å²) in [7, 11) is 0. The van der Waals surface area contributed by atoms with Crippen LogP contribution < -0.4 is 5.32 Å². The summed E-state index contributed by atoms with van der Waals surface area (Å²) in [6.07, 6.45) is 1.83. The van der Waals surface area contributed by atoms with E-state index in [2.05, 4.69) is 67.5 Å². The van der Waals surface area contributed by atoms with Crippen molar-refractivity contribution in [3.05, 3.63) is 70.9 Å². The average molecular weight is 276 g/mol. The van der Waals surface area contributed by atoms with Gasteiger partial charge in [-0.1, -0.05) is 29.8 Å². The molecule has 0 aliphatic rings. The molecule has 106 valence electrons. The lowest BCUT2D eigenvalue weighted by Gasteiger charge is -2.14. The first kappa shape index (κ1) is 13.6. The van der Waals surface area contributed by atoms with E-state index in [4.69, 9.17) is 0 Å². The number of nitrogens with one attached hydrogen (secondary N) is 1. The highest BCUT2D eigenvalue weighted by Crippen LogP contribution is 2.23. The number of hydrogen-bond acceptors (Lipinski definition) is 2. The molecule has 0 unspecified atom stereocenters. The standard InChI is InChI=1S/C19H20N2/c1-13-9-14(2)19(15(3)10-13)21-12-16-6-7-18-17(11-16)5-4-8-20-18/h4-11,21H,12H2,1-3H3. The molecule has 2 heteroatoms. The summed E-state index contributed by atoms with van der Waals surface area (Å²) in [6, 6.07) is 15.0. The summed E-state index contributed by atoms with van der Waals surface area (Å²) in [5, 5.41) is 4.76. The third-order valence-electron chi connectivity index (χ3n) is 3.81. The molecule has 0 spiro atoms. The van der Waals surface area contributed by atoms with Crippen LogP contribution in [0.2, 0.25) is 0 Å². The van der Waals surface area contributed by atoms with E-state index in [1.54, 1.807) is 0 Å². The zero-order chi connectivity index (χ0) is 14.8. The Labute approximate surface area is 125 Å². The predicted octanol–water partition coefficient (Wildman–Crippen LogP) is 4.77. The van der Waals surface area contributed by atoms with E-state index in [1.807, 2.05) is 12.3 Å². The SMILES string of the molecule is Cc1cc(C)c(NCc2ccc3ncccc3c2)c(C)c1. The fourth-order valence-corrected chi connectivity index (χ4v) is 2.88. The zero-order valence-electron chi connectivity index (χ0n) is 12.8. The lowest BCUT2D eigenvalue weighted by molar-refractivity contribution is 1.13. The lowest BCUT2D eigenvalue weighted by atomic mass is 10.0. The van der Waals surface area contributed by atoms with Gasteiger partial charge in [0, 0.05) is 23.8 Å². The molecule has 3 aromatic rings. The summed E-state index contributed by atoms with van der Waals surface area (Å²) in [5.41, 5.74) is 7.47. The molecule has 2 nitrogen and oxygen atoms in total. The second-order valence-electron chi connectivity index (χ2n) is 5.66. The van der Waals surface area contributed by atoms with Crippen LogP contribution in [-0.4, -0.2) is 4.98 Å². The molecule has 0 radical (unpaired) electrons. The molecule has 1 N–H and O–H groups in total. The van der Waals surface area contributed by atoms with Gasteiger partial charge in [-0.05, 0) is 55.7 Å². The summed E-state index contributed by atoms with van der Waals surface area (Å²) >= 11 is 0. The van der Waals surface area contributed by atoms with E-state index >= 15 is 0 Å². The van der Waals surface area contributed by atoms with Crippen LogP contribution in [0.25, 0.3) is 10.9 Å². The van der Waals surface area contributed by atoms with Gasteiger partial charge in [0.2, 0.25) is 0 Å². The van der Waals surface area contributed by atoms with Gasteiger partial charge in [0.1, 0.15) is 0 Å². The summed E-state index contributed by atoms with van der Waals surface area (Å²) in [4.78, 5) is 4.36. The Morgan fingerprint density at radius 1 is 0.952 bits per heavy atom. The number of benzene rings is 2. The molecular formula is C19H20N2.